The number of aromatic nitrogens is 4. The van der Waals surface area contributed by atoms with Crippen LogP contribution in [0.1, 0.15) is 31.2 Å². The van der Waals surface area contributed by atoms with Crippen molar-refractivity contribution in [2.75, 3.05) is 5.75 Å². The minimum absolute atomic E-state index is 0.209. The van der Waals surface area contributed by atoms with Gasteiger partial charge in [-0.15, -0.1) is 11.8 Å². The van der Waals surface area contributed by atoms with E-state index >= 15 is 0 Å². The smallest absolute Gasteiger partial charge is 0.325 e. The van der Waals surface area contributed by atoms with E-state index in [1.165, 1.54) is 6.20 Å². The van der Waals surface area contributed by atoms with Crippen molar-refractivity contribution in [3.05, 3.63) is 35.8 Å². The molecule has 3 aromatic rings. The minimum Gasteiger partial charge on any atom is -0.325 e. The summed E-state index contributed by atoms with van der Waals surface area (Å²) < 4.78 is 40.7. The fourth-order valence-corrected chi connectivity index (χ4v) is 3.90. The van der Waals surface area contributed by atoms with Crippen molar-refractivity contribution in [2.45, 2.75) is 36.3 Å². The zero-order valence-corrected chi connectivity index (χ0v) is 16.0. The van der Waals surface area contributed by atoms with Gasteiger partial charge in [0.2, 0.25) is 0 Å². The van der Waals surface area contributed by atoms with Gasteiger partial charge in [0, 0.05) is 11.9 Å². The fourth-order valence-electron chi connectivity index (χ4n) is 3.15. The van der Waals surface area contributed by atoms with E-state index in [-0.39, 0.29) is 5.52 Å². The molecular formula is C19H16F3N5S. The Morgan fingerprint density at radius 2 is 2.04 bits per heavy atom. The van der Waals surface area contributed by atoms with E-state index in [1.54, 1.807) is 23.4 Å². The number of nitriles is 1. The van der Waals surface area contributed by atoms with Gasteiger partial charge in [-0.25, -0.2) is 15.0 Å². The highest BCUT2D eigenvalue weighted by Gasteiger charge is 2.46. The number of alkyl halides is 3. The fraction of sp³-hybridized carbons (Fsp3) is 0.368. The first-order chi connectivity index (χ1) is 13.3. The molecule has 0 bridgehead atoms. The van der Waals surface area contributed by atoms with Crippen LogP contribution in [0.15, 0.2) is 29.3 Å². The summed E-state index contributed by atoms with van der Waals surface area (Å²) in [4.78, 5) is 13.6. The number of fused-ring (bicyclic) bond motifs is 1. The van der Waals surface area contributed by atoms with Crippen molar-refractivity contribution in [2.24, 2.45) is 7.05 Å². The minimum atomic E-state index is -4.53. The molecule has 3 aromatic heterocycles. The number of halogens is 3. The van der Waals surface area contributed by atoms with Crippen LogP contribution >= 0.6 is 11.8 Å². The molecule has 5 nitrogen and oxygen atoms in total. The quantitative estimate of drug-likeness (QED) is 0.590. The molecule has 1 fully saturated rings. The van der Waals surface area contributed by atoms with Gasteiger partial charge in [0.1, 0.15) is 11.4 Å². The first-order valence-corrected chi connectivity index (χ1v) is 9.73. The second-order valence-corrected chi connectivity index (χ2v) is 8.03. The highest BCUT2D eigenvalue weighted by atomic mass is 32.2. The van der Waals surface area contributed by atoms with Crippen LogP contribution < -0.4 is 0 Å². The molecule has 0 aromatic carbocycles. The van der Waals surface area contributed by atoms with Crippen LogP contribution in [0.2, 0.25) is 0 Å². The molecule has 1 saturated carbocycles. The monoisotopic (exact) mass is 403 g/mol. The van der Waals surface area contributed by atoms with Gasteiger partial charge in [0.05, 0.1) is 34.4 Å². The molecule has 0 atom stereocenters. The second-order valence-electron chi connectivity index (χ2n) is 6.72. The molecular weight excluding hydrogens is 387 g/mol. The maximum atomic E-state index is 13.0. The van der Waals surface area contributed by atoms with Crippen molar-refractivity contribution in [1.82, 2.24) is 19.5 Å². The predicted octanol–water partition coefficient (Wildman–Crippen LogP) is 4.72. The van der Waals surface area contributed by atoms with E-state index in [0.717, 1.165) is 29.6 Å². The maximum absolute atomic E-state index is 13.0. The number of imidazole rings is 1. The first-order valence-electron chi connectivity index (χ1n) is 8.74. The third kappa shape index (κ3) is 3.02. The van der Waals surface area contributed by atoms with Crippen LogP contribution in [0, 0.1) is 11.3 Å². The molecule has 0 spiro atoms. The summed E-state index contributed by atoms with van der Waals surface area (Å²) in [7, 11) is 1.73. The lowest BCUT2D eigenvalue weighted by Crippen LogP contribution is -2.08. The van der Waals surface area contributed by atoms with Crippen LogP contribution in [-0.2, 0) is 18.6 Å². The summed E-state index contributed by atoms with van der Waals surface area (Å²) in [5, 5.41) is 9.49. The molecule has 0 unspecified atom stereocenters. The summed E-state index contributed by atoms with van der Waals surface area (Å²) in [5.41, 5.74) is 0.436. The van der Waals surface area contributed by atoms with E-state index < -0.39 is 17.3 Å². The molecule has 0 saturated heterocycles. The van der Waals surface area contributed by atoms with Crippen molar-refractivity contribution < 1.29 is 13.2 Å². The Morgan fingerprint density at radius 3 is 2.64 bits per heavy atom. The second kappa shape index (κ2) is 6.48. The Hall–Kier alpha value is -2.60. The molecule has 0 radical (unpaired) electrons. The molecule has 0 aliphatic heterocycles. The van der Waals surface area contributed by atoms with E-state index in [1.807, 2.05) is 19.1 Å². The SMILES string of the molecule is CCSc1ccc(C2(C#N)CC2)nc1-c1nc2cc(C(F)(F)F)ncc2n1C. The Kier molecular flexibility index (Phi) is 4.34. The average Bonchev–Trinajstić information content (AvgIpc) is 3.40. The highest BCUT2D eigenvalue weighted by Crippen LogP contribution is 2.47. The van der Waals surface area contributed by atoms with E-state index in [0.29, 0.717) is 22.7 Å². The summed E-state index contributed by atoms with van der Waals surface area (Å²) in [5.74, 6) is 1.27. The Labute approximate surface area is 163 Å². The molecule has 1 aliphatic carbocycles. The van der Waals surface area contributed by atoms with Gasteiger partial charge in [0.15, 0.2) is 5.82 Å². The van der Waals surface area contributed by atoms with Gasteiger partial charge >= 0.3 is 6.18 Å². The van der Waals surface area contributed by atoms with E-state index in [4.69, 9.17) is 4.98 Å². The molecule has 28 heavy (non-hydrogen) atoms. The van der Waals surface area contributed by atoms with Crippen molar-refractivity contribution >= 4 is 22.8 Å². The number of hydrogen-bond acceptors (Lipinski definition) is 5. The zero-order valence-electron chi connectivity index (χ0n) is 15.2. The topological polar surface area (TPSA) is 67.4 Å². The van der Waals surface area contributed by atoms with Crippen molar-refractivity contribution in [3.8, 4) is 17.6 Å². The van der Waals surface area contributed by atoms with Crippen LogP contribution in [0.3, 0.4) is 0 Å². The van der Waals surface area contributed by atoms with Crippen LogP contribution in [0.4, 0.5) is 13.2 Å². The summed E-state index contributed by atoms with van der Waals surface area (Å²) >= 11 is 1.58. The maximum Gasteiger partial charge on any atom is 0.433 e. The lowest BCUT2D eigenvalue weighted by molar-refractivity contribution is -0.141. The molecule has 1 aliphatic rings. The Balaban J connectivity index is 1.90. The third-order valence-corrected chi connectivity index (χ3v) is 5.81. The first kappa shape index (κ1) is 18.7. The van der Waals surface area contributed by atoms with Gasteiger partial charge < -0.3 is 4.57 Å². The van der Waals surface area contributed by atoms with Gasteiger partial charge in [-0.3, -0.25) is 0 Å². The number of pyridine rings is 2. The molecule has 0 amide bonds. The number of nitrogens with zero attached hydrogens (tertiary/aromatic N) is 5. The number of hydrogen-bond donors (Lipinski definition) is 0. The molecule has 4 rings (SSSR count). The molecule has 3 heterocycles. The van der Waals surface area contributed by atoms with Gasteiger partial charge in [-0.2, -0.15) is 18.4 Å². The van der Waals surface area contributed by atoms with E-state index in [2.05, 4.69) is 16.0 Å². The van der Waals surface area contributed by atoms with Gasteiger partial charge in [-0.1, -0.05) is 6.92 Å². The Morgan fingerprint density at radius 1 is 1.29 bits per heavy atom. The van der Waals surface area contributed by atoms with Gasteiger partial charge in [-0.05, 0) is 36.8 Å². The molecule has 9 heteroatoms. The summed E-state index contributed by atoms with van der Waals surface area (Å²) in [6.45, 7) is 2.01. The van der Waals surface area contributed by atoms with E-state index in [9.17, 15) is 18.4 Å². The highest BCUT2D eigenvalue weighted by molar-refractivity contribution is 7.99. The predicted molar refractivity (Wildman–Crippen MR) is 99.7 cm³/mol. The standard InChI is InChI=1S/C19H16F3N5S/c1-3-28-13-4-5-14(18(10-23)6-7-18)26-16(13)17-25-11-8-15(19(20,21)22)24-9-12(11)27(17)2/h4-5,8-9H,3,6-7H2,1-2H3. The lowest BCUT2D eigenvalue weighted by atomic mass is 10.0. The zero-order chi connectivity index (χ0) is 20.1. The summed E-state index contributed by atoms with van der Waals surface area (Å²) in [6, 6.07) is 7.07. The van der Waals surface area contributed by atoms with Crippen LogP contribution in [0.5, 0.6) is 0 Å². The van der Waals surface area contributed by atoms with Crippen LogP contribution in [0.25, 0.3) is 22.6 Å². The van der Waals surface area contributed by atoms with Crippen LogP contribution in [-0.4, -0.2) is 25.3 Å². The Bertz CT molecular complexity index is 1110. The van der Waals surface area contributed by atoms with Crippen molar-refractivity contribution in [3.63, 3.8) is 0 Å². The molecule has 0 N–H and O–H groups in total. The number of rotatable bonds is 4. The largest absolute Gasteiger partial charge is 0.433 e. The molecule has 144 valence electrons. The van der Waals surface area contributed by atoms with Crippen molar-refractivity contribution in [1.29, 1.82) is 5.26 Å². The lowest BCUT2D eigenvalue weighted by Gasteiger charge is -2.12. The third-order valence-electron chi connectivity index (χ3n) is 4.88. The number of aryl methyl sites for hydroxylation is 1. The van der Waals surface area contributed by atoms with Gasteiger partial charge in [0.25, 0.3) is 0 Å². The summed E-state index contributed by atoms with van der Waals surface area (Å²) in [6.07, 6.45) is -1.82. The number of thioether (sulfide) groups is 1. The average molecular weight is 403 g/mol. The normalized spacial score (nSPS) is 15.6.